The van der Waals surface area contributed by atoms with Crippen molar-refractivity contribution in [2.24, 2.45) is 5.92 Å². The number of anilines is 1. The van der Waals surface area contributed by atoms with Crippen molar-refractivity contribution < 1.29 is 4.79 Å². The predicted molar refractivity (Wildman–Crippen MR) is 75.4 cm³/mol. The largest absolute Gasteiger partial charge is 0.301 e. The van der Waals surface area contributed by atoms with Crippen LogP contribution in [0.4, 0.5) is 5.13 Å². The summed E-state index contributed by atoms with van der Waals surface area (Å²) in [6.45, 7) is 6.17. The average molecular weight is 281 g/mol. The minimum atomic E-state index is -0.00456. The highest BCUT2D eigenvalue weighted by atomic mass is 32.1. The molecule has 0 aromatic carbocycles. The number of fused-ring (bicyclic) bond motifs is 1. The van der Waals surface area contributed by atoms with Crippen LogP contribution in [0.15, 0.2) is 0 Å². The first kappa shape index (κ1) is 13.9. The lowest BCUT2D eigenvalue weighted by Gasteiger charge is -2.03. The van der Waals surface area contributed by atoms with Crippen molar-refractivity contribution >= 4 is 27.3 Å². The second-order valence-electron chi connectivity index (χ2n) is 4.97. The van der Waals surface area contributed by atoms with Crippen LogP contribution < -0.4 is 5.32 Å². The van der Waals surface area contributed by atoms with Crippen LogP contribution in [-0.4, -0.2) is 25.7 Å². The summed E-state index contributed by atoms with van der Waals surface area (Å²) in [6, 6.07) is 0. The molecule has 2 aromatic rings. The molecule has 0 saturated heterocycles. The Kier molecular flexibility index (Phi) is 4.47. The first-order valence-electron chi connectivity index (χ1n) is 6.61. The molecule has 0 fully saturated rings. The van der Waals surface area contributed by atoms with Crippen LogP contribution in [0.3, 0.4) is 0 Å². The summed E-state index contributed by atoms with van der Waals surface area (Å²) >= 11 is 1.35. The first-order valence-corrected chi connectivity index (χ1v) is 7.42. The van der Waals surface area contributed by atoms with Crippen LogP contribution in [0.5, 0.6) is 0 Å². The molecule has 2 aromatic heterocycles. The summed E-state index contributed by atoms with van der Waals surface area (Å²) in [5, 5.41) is 15.9. The van der Waals surface area contributed by atoms with Gasteiger partial charge in [0.15, 0.2) is 5.82 Å². The molecule has 0 aliphatic rings. The maximum absolute atomic E-state index is 11.7. The molecule has 1 N–H and O–H groups in total. The van der Waals surface area contributed by atoms with Gasteiger partial charge in [-0.3, -0.25) is 4.79 Å². The molecule has 1 amide bonds. The highest BCUT2D eigenvalue weighted by Crippen LogP contribution is 2.19. The van der Waals surface area contributed by atoms with Gasteiger partial charge in [-0.05, 0) is 12.3 Å². The fraction of sp³-hybridized carbons (Fsp3) is 0.667. The van der Waals surface area contributed by atoms with Crippen molar-refractivity contribution in [1.29, 1.82) is 0 Å². The molecular formula is C12H19N5OS. The minimum absolute atomic E-state index is 0.00456. The molecule has 2 rings (SSSR count). The maximum atomic E-state index is 11.7. The summed E-state index contributed by atoms with van der Waals surface area (Å²) in [7, 11) is 0. The van der Waals surface area contributed by atoms with Crippen molar-refractivity contribution in [3.8, 4) is 0 Å². The van der Waals surface area contributed by atoms with Gasteiger partial charge in [-0.15, -0.1) is 15.3 Å². The predicted octanol–water partition coefficient (Wildman–Crippen LogP) is 2.51. The van der Waals surface area contributed by atoms with E-state index in [0.29, 0.717) is 17.5 Å². The van der Waals surface area contributed by atoms with Crippen LogP contribution in [0, 0.1) is 5.92 Å². The number of aryl methyl sites for hydroxylation is 1. The maximum Gasteiger partial charge on any atom is 0.236 e. The molecule has 0 atom stereocenters. The Balaban J connectivity index is 2.09. The van der Waals surface area contributed by atoms with E-state index in [-0.39, 0.29) is 5.91 Å². The molecule has 2 heterocycles. The van der Waals surface area contributed by atoms with Gasteiger partial charge in [-0.2, -0.15) is 4.52 Å². The zero-order valence-corrected chi connectivity index (χ0v) is 12.3. The van der Waals surface area contributed by atoms with E-state index < -0.39 is 0 Å². The van der Waals surface area contributed by atoms with Crippen LogP contribution in [0.1, 0.15) is 45.9 Å². The number of hydrogen-bond donors (Lipinski definition) is 1. The highest BCUT2D eigenvalue weighted by molar-refractivity contribution is 7.20. The third-order valence-electron chi connectivity index (χ3n) is 2.65. The topological polar surface area (TPSA) is 72.2 Å². The number of nitrogens with one attached hydrogen (secondary N) is 1. The van der Waals surface area contributed by atoms with E-state index in [2.05, 4.69) is 27.5 Å². The van der Waals surface area contributed by atoms with E-state index in [4.69, 9.17) is 0 Å². The molecular weight excluding hydrogens is 262 g/mol. The Hall–Kier alpha value is -1.50. The fourth-order valence-electron chi connectivity index (χ4n) is 1.74. The van der Waals surface area contributed by atoms with E-state index in [0.717, 1.165) is 30.0 Å². The lowest BCUT2D eigenvalue weighted by Crippen LogP contribution is -2.14. The summed E-state index contributed by atoms with van der Waals surface area (Å²) in [5.41, 5.74) is 0. The number of amides is 1. The summed E-state index contributed by atoms with van der Waals surface area (Å²) in [4.78, 5) is 12.4. The zero-order valence-electron chi connectivity index (χ0n) is 11.5. The molecule has 0 spiro atoms. The number of hydrogen-bond acceptors (Lipinski definition) is 5. The van der Waals surface area contributed by atoms with E-state index in [1.165, 1.54) is 11.3 Å². The van der Waals surface area contributed by atoms with Gasteiger partial charge in [0.2, 0.25) is 16.0 Å². The number of aromatic nitrogens is 4. The smallest absolute Gasteiger partial charge is 0.236 e. The zero-order chi connectivity index (χ0) is 13.8. The summed E-state index contributed by atoms with van der Waals surface area (Å²) in [6.07, 6.45) is 3.54. The van der Waals surface area contributed by atoms with Crippen molar-refractivity contribution in [3.63, 3.8) is 0 Å². The minimum Gasteiger partial charge on any atom is -0.301 e. The molecule has 104 valence electrons. The molecule has 6 nitrogen and oxygen atoms in total. The monoisotopic (exact) mass is 281 g/mol. The second-order valence-corrected chi connectivity index (χ2v) is 5.92. The van der Waals surface area contributed by atoms with Crippen molar-refractivity contribution in [2.75, 3.05) is 5.32 Å². The number of carbonyl (C=O) groups excluding carboxylic acids is 1. The van der Waals surface area contributed by atoms with Gasteiger partial charge in [0.05, 0.1) is 0 Å². The molecule has 0 saturated carbocycles. The van der Waals surface area contributed by atoms with Gasteiger partial charge in [0, 0.05) is 12.8 Å². The Morgan fingerprint density at radius 3 is 2.89 bits per heavy atom. The van der Waals surface area contributed by atoms with Crippen LogP contribution in [0.2, 0.25) is 0 Å². The quantitative estimate of drug-likeness (QED) is 0.883. The van der Waals surface area contributed by atoms with Crippen molar-refractivity contribution in [3.05, 3.63) is 5.82 Å². The average Bonchev–Trinajstić information content (AvgIpc) is 2.85. The number of nitrogens with zero attached hydrogens (tertiary/aromatic N) is 4. The summed E-state index contributed by atoms with van der Waals surface area (Å²) < 4.78 is 1.73. The van der Waals surface area contributed by atoms with E-state index in [1.807, 2.05) is 13.8 Å². The Bertz CT molecular complexity index is 559. The molecule has 7 heteroatoms. The summed E-state index contributed by atoms with van der Waals surface area (Å²) in [5.74, 6) is 1.19. The van der Waals surface area contributed by atoms with Gasteiger partial charge in [-0.1, -0.05) is 38.5 Å². The number of carbonyl (C=O) groups is 1. The fourth-order valence-corrected chi connectivity index (χ4v) is 2.51. The molecule has 0 bridgehead atoms. The lowest BCUT2D eigenvalue weighted by atomic mass is 10.1. The molecule has 0 radical (unpaired) electrons. The van der Waals surface area contributed by atoms with Crippen LogP contribution >= 0.6 is 11.3 Å². The normalized spacial score (nSPS) is 11.4. The third kappa shape index (κ3) is 3.50. The third-order valence-corrected chi connectivity index (χ3v) is 3.46. The standard InChI is InChI=1S/C12H19N5OS/c1-4-5-6-9-14-15-12-17(9)16-11(19-12)13-10(18)7-8(2)3/h8H,4-7H2,1-3H3,(H,13,16,18). The van der Waals surface area contributed by atoms with Gasteiger partial charge < -0.3 is 5.32 Å². The van der Waals surface area contributed by atoms with Gasteiger partial charge in [0.25, 0.3) is 0 Å². The SMILES string of the molecule is CCCCc1nnc2sc(NC(=O)CC(C)C)nn12. The first-order chi connectivity index (χ1) is 9.10. The van der Waals surface area contributed by atoms with Crippen molar-refractivity contribution in [2.45, 2.75) is 46.5 Å². The van der Waals surface area contributed by atoms with Gasteiger partial charge in [0.1, 0.15) is 0 Å². The van der Waals surface area contributed by atoms with Gasteiger partial charge >= 0.3 is 0 Å². The van der Waals surface area contributed by atoms with E-state index in [1.54, 1.807) is 4.52 Å². The molecule has 19 heavy (non-hydrogen) atoms. The van der Waals surface area contributed by atoms with Gasteiger partial charge in [-0.25, -0.2) is 0 Å². The van der Waals surface area contributed by atoms with E-state index in [9.17, 15) is 4.79 Å². The molecule has 0 aliphatic heterocycles. The Morgan fingerprint density at radius 2 is 2.21 bits per heavy atom. The Morgan fingerprint density at radius 1 is 1.42 bits per heavy atom. The molecule has 0 unspecified atom stereocenters. The lowest BCUT2D eigenvalue weighted by molar-refractivity contribution is -0.116. The van der Waals surface area contributed by atoms with Crippen molar-refractivity contribution in [1.82, 2.24) is 19.8 Å². The van der Waals surface area contributed by atoms with Crippen LogP contribution in [-0.2, 0) is 11.2 Å². The highest BCUT2D eigenvalue weighted by Gasteiger charge is 2.13. The van der Waals surface area contributed by atoms with E-state index >= 15 is 0 Å². The molecule has 0 aliphatic carbocycles. The number of rotatable bonds is 6. The Labute approximate surface area is 116 Å². The number of unbranched alkanes of at least 4 members (excludes halogenated alkanes) is 1. The van der Waals surface area contributed by atoms with Crippen LogP contribution in [0.25, 0.3) is 4.96 Å². The second kappa shape index (κ2) is 6.10.